The summed E-state index contributed by atoms with van der Waals surface area (Å²) in [6.07, 6.45) is 12.6. The van der Waals surface area contributed by atoms with Crippen LogP contribution in [0.4, 0.5) is 0 Å². The van der Waals surface area contributed by atoms with E-state index in [1.165, 1.54) is 18.3 Å². The van der Waals surface area contributed by atoms with Crippen LogP contribution in [0, 0.1) is 5.92 Å². The minimum absolute atomic E-state index is 0.0723. The third-order valence-corrected chi connectivity index (χ3v) is 6.64. The van der Waals surface area contributed by atoms with Crippen molar-refractivity contribution >= 4 is 5.97 Å². The largest absolute Gasteiger partial charge is 0.467 e. The Kier molecular flexibility index (Phi) is 6.19. The molecule has 2 aliphatic heterocycles. The van der Waals surface area contributed by atoms with Gasteiger partial charge in [0.1, 0.15) is 0 Å². The normalized spacial score (nSPS) is 41.5. The number of epoxide rings is 1. The number of rotatable bonds is 2. The lowest BCUT2D eigenvalue weighted by atomic mass is 9.75. The molecule has 0 N–H and O–H groups in total. The second kappa shape index (κ2) is 8.26. The summed E-state index contributed by atoms with van der Waals surface area (Å²) in [5.41, 5.74) is 1.96. The average Bonchev–Trinajstić information content (AvgIpc) is 3.05. The van der Waals surface area contributed by atoms with Gasteiger partial charge < -0.3 is 9.47 Å². The molecule has 0 aromatic rings. The molecule has 1 fully saturated rings. The van der Waals surface area contributed by atoms with E-state index in [1.54, 1.807) is 0 Å². The van der Waals surface area contributed by atoms with Crippen LogP contribution in [0.1, 0.15) is 72.1 Å². The molecule has 0 amide bonds. The molecule has 2 heterocycles. The maximum atomic E-state index is 12.7. The highest BCUT2D eigenvalue weighted by Gasteiger charge is 2.57. The van der Waals surface area contributed by atoms with Crippen molar-refractivity contribution in [3.8, 4) is 0 Å². The summed E-state index contributed by atoms with van der Waals surface area (Å²) in [5, 5.41) is 8.62. The number of esters is 1. The van der Waals surface area contributed by atoms with E-state index >= 15 is 0 Å². The lowest BCUT2D eigenvalue weighted by molar-refractivity contribution is -0.149. The third-order valence-electron chi connectivity index (χ3n) is 6.64. The number of nitrogens with zero attached hydrogens (tertiary/aromatic N) is 2. The van der Waals surface area contributed by atoms with Crippen LogP contribution in [0.3, 0.4) is 0 Å². The molecule has 1 aliphatic carbocycles. The van der Waals surface area contributed by atoms with E-state index in [9.17, 15) is 4.79 Å². The monoisotopic (exact) mass is 374 g/mol. The smallest absolute Gasteiger partial charge is 0.336 e. The van der Waals surface area contributed by atoms with Crippen molar-refractivity contribution in [2.75, 3.05) is 13.7 Å². The van der Waals surface area contributed by atoms with Gasteiger partial charge in [0.15, 0.2) is 5.54 Å². The number of allylic oxidation sites excluding steroid dienone is 4. The van der Waals surface area contributed by atoms with Gasteiger partial charge in [0.05, 0.1) is 25.4 Å². The van der Waals surface area contributed by atoms with Crippen LogP contribution in [0.25, 0.3) is 0 Å². The van der Waals surface area contributed by atoms with E-state index in [2.05, 4.69) is 43.2 Å². The molecule has 0 bridgehead atoms. The van der Waals surface area contributed by atoms with E-state index in [-0.39, 0.29) is 23.6 Å². The number of fused-ring (bicyclic) bond motifs is 1. The zero-order valence-corrected chi connectivity index (χ0v) is 17.3. The van der Waals surface area contributed by atoms with Crippen molar-refractivity contribution in [1.29, 1.82) is 0 Å². The maximum absolute atomic E-state index is 12.7. The van der Waals surface area contributed by atoms with Crippen LogP contribution in [0.15, 0.2) is 33.5 Å². The molecule has 5 heteroatoms. The van der Waals surface area contributed by atoms with Gasteiger partial charge in [-0.1, -0.05) is 23.3 Å². The van der Waals surface area contributed by atoms with E-state index in [1.807, 2.05) is 0 Å². The fourth-order valence-electron chi connectivity index (χ4n) is 4.59. The van der Waals surface area contributed by atoms with Crippen molar-refractivity contribution < 1.29 is 14.3 Å². The van der Waals surface area contributed by atoms with Crippen LogP contribution in [0.2, 0.25) is 0 Å². The van der Waals surface area contributed by atoms with Crippen LogP contribution in [-0.4, -0.2) is 36.9 Å². The molecule has 150 valence electrons. The van der Waals surface area contributed by atoms with Gasteiger partial charge in [0, 0.05) is 6.42 Å². The lowest BCUT2D eigenvalue weighted by Gasteiger charge is -2.31. The second-order valence-corrected chi connectivity index (χ2v) is 8.70. The number of azo groups is 1. The van der Waals surface area contributed by atoms with Gasteiger partial charge >= 0.3 is 5.97 Å². The second-order valence-electron chi connectivity index (χ2n) is 8.70. The third kappa shape index (κ3) is 4.50. The number of hydrogen-bond acceptors (Lipinski definition) is 5. The summed E-state index contributed by atoms with van der Waals surface area (Å²) in [6, 6.07) is 0. The van der Waals surface area contributed by atoms with Crippen molar-refractivity contribution in [2.45, 2.75) is 89.4 Å². The predicted octanol–water partition coefficient (Wildman–Crippen LogP) is 5.16. The molecule has 0 aromatic heterocycles. The first-order valence-corrected chi connectivity index (χ1v) is 10.4. The Balaban J connectivity index is 1.82. The molecule has 1 saturated heterocycles. The predicted molar refractivity (Wildman–Crippen MR) is 106 cm³/mol. The highest BCUT2D eigenvalue weighted by atomic mass is 16.6. The maximum Gasteiger partial charge on any atom is 0.336 e. The van der Waals surface area contributed by atoms with Gasteiger partial charge in [-0.3, -0.25) is 0 Å². The van der Waals surface area contributed by atoms with Gasteiger partial charge in [0.25, 0.3) is 0 Å². The molecule has 0 aromatic carbocycles. The Bertz CT molecular complexity index is 654. The first-order chi connectivity index (χ1) is 12.9. The Morgan fingerprint density at radius 2 is 1.93 bits per heavy atom. The number of hydrogen-bond donors (Lipinski definition) is 0. The van der Waals surface area contributed by atoms with E-state index in [0.29, 0.717) is 13.0 Å². The summed E-state index contributed by atoms with van der Waals surface area (Å²) in [7, 11) is 1.46. The molecule has 27 heavy (non-hydrogen) atoms. The van der Waals surface area contributed by atoms with Gasteiger partial charge in [-0.2, -0.15) is 10.2 Å². The molecular formula is C22H34N2O3. The number of carbonyl (C=O) groups is 1. The number of ether oxygens (including phenoxy) is 2. The quantitative estimate of drug-likeness (QED) is 0.381. The van der Waals surface area contributed by atoms with Crippen molar-refractivity contribution in [2.24, 2.45) is 16.1 Å². The molecule has 0 spiro atoms. The topological polar surface area (TPSA) is 63.5 Å². The van der Waals surface area contributed by atoms with Crippen LogP contribution in [-0.2, 0) is 14.3 Å². The standard InChI is InChI=1S/C22H34N2O3/c1-16-7-5-8-17(2)10-11-18(15-19-21(3,27-19)12-6-9-16)22(20(25)26-4)13-14-23-24-22/h8-9,18-19H,5-7,10-15H2,1-4H3/b16-9-,17-8-/t18?,19-,21+,22?/m0/s1. The molecular weight excluding hydrogens is 340 g/mol. The molecule has 0 saturated carbocycles. The summed E-state index contributed by atoms with van der Waals surface area (Å²) in [5.74, 6) is -0.135. The summed E-state index contributed by atoms with van der Waals surface area (Å²) < 4.78 is 11.3. The molecule has 0 radical (unpaired) electrons. The van der Waals surface area contributed by atoms with Gasteiger partial charge in [-0.25, -0.2) is 4.79 Å². The molecule has 2 unspecified atom stereocenters. The highest BCUT2D eigenvalue weighted by Crippen LogP contribution is 2.48. The average molecular weight is 375 g/mol. The van der Waals surface area contributed by atoms with Gasteiger partial charge in [-0.05, 0) is 71.6 Å². The Morgan fingerprint density at radius 1 is 1.19 bits per heavy atom. The zero-order chi connectivity index (χ0) is 19.5. The fourth-order valence-corrected chi connectivity index (χ4v) is 4.59. The first-order valence-electron chi connectivity index (χ1n) is 10.4. The summed E-state index contributed by atoms with van der Waals surface area (Å²) in [6.45, 7) is 7.23. The van der Waals surface area contributed by atoms with E-state index in [4.69, 9.17) is 9.47 Å². The summed E-state index contributed by atoms with van der Waals surface area (Å²) in [4.78, 5) is 12.7. The highest BCUT2D eigenvalue weighted by molar-refractivity contribution is 5.81. The van der Waals surface area contributed by atoms with Crippen molar-refractivity contribution in [1.82, 2.24) is 0 Å². The molecule has 3 aliphatic rings. The lowest BCUT2D eigenvalue weighted by Crippen LogP contribution is -2.44. The zero-order valence-electron chi connectivity index (χ0n) is 17.3. The SMILES string of the molecule is COC(=O)C1(C2CC/C(C)=C\CC/C(C)=C\CC[C@@]3(C)O[C@H]3C2)CCN=N1. The fraction of sp³-hybridized carbons (Fsp3) is 0.773. The number of carbonyl (C=O) groups excluding carboxylic acids is 1. The van der Waals surface area contributed by atoms with Crippen LogP contribution in [0.5, 0.6) is 0 Å². The Labute approximate surface area is 163 Å². The van der Waals surface area contributed by atoms with Crippen molar-refractivity contribution in [3.63, 3.8) is 0 Å². The van der Waals surface area contributed by atoms with Crippen molar-refractivity contribution in [3.05, 3.63) is 23.3 Å². The summed E-state index contributed by atoms with van der Waals surface area (Å²) >= 11 is 0. The minimum atomic E-state index is -0.824. The van der Waals surface area contributed by atoms with E-state index in [0.717, 1.165) is 44.9 Å². The van der Waals surface area contributed by atoms with E-state index < -0.39 is 5.54 Å². The van der Waals surface area contributed by atoms with Crippen LogP contribution >= 0.6 is 0 Å². The molecule has 5 nitrogen and oxygen atoms in total. The Hall–Kier alpha value is -1.49. The van der Waals surface area contributed by atoms with Gasteiger partial charge in [0.2, 0.25) is 0 Å². The first kappa shape index (κ1) is 20.2. The molecule has 3 rings (SSSR count). The molecule has 4 atom stereocenters. The Morgan fingerprint density at radius 3 is 2.63 bits per heavy atom. The minimum Gasteiger partial charge on any atom is -0.467 e. The number of methoxy groups -OCH3 is 1. The van der Waals surface area contributed by atoms with Gasteiger partial charge in [-0.15, -0.1) is 0 Å². The van der Waals surface area contributed by atoms with Crippen LogP contribution < -0.4 is 0 Å².